The van der Waals surface area contributed by atoms with Gasteiger partial charge in [-0.1, -0.05) is 0 Å². The molecule has 4 heteroatoms. The van der Waals surface area contributed by atoms with Gasteiger partial charge in [-0.15, -0.1) is 0 Å². The van der Waals surface area contributed by atoms with E-state index in [0.29, 0.717) is 18.0 Å². The van der Waals surface area contributed by atoms with Gasteiger partial charge in [-0.05, 0) is 44.4 Å². The standard InChI is InChI=1S/C15H25NO3/c17-15(8-12-1-2-13(9-15)16-12)11-3-5-19-14(7-11)4-6-18-10-14/h11-13,16-17H,1-10H2. The summed E-state index contributed by atoms with van der Waals surface area (Å²) >= 11 is 0. The van der Waals surface area contributed by atoms with Crippen LogP contribution in [-0.2, 0) is 9.47 Å². The smallest absolute Gasteiger partial charge is 0.0940 e. The van der Waals surface area contributed by atoms with Gasteiger partial charge < -0.3 is 19.9 Å². The summed E-state index contributed by atoms with van der Waals surface area (Å²) < 4.78 is 11.6. The Balaban J connectivity index is 1.51. The third-order valence-corrected chi connectivity index (χ3v) is 5.85. The Morgan fingerprint density at radius 3 is 2.47 bits per heavy atom. The summed E-state index contributed by atoms with van der Waals surface area (Å²) in [7, 11) is 0. The summed E-state index contributed by atoms with van der Waals surface area (Å²) in [6.07, 6.45) is 7.36. The fourth-order valence-corrected chi connectivity index (χ4v) is 4.84. The third-order valence-electron chi connectivity index (χ3n) is 5.85. The summed E-state index contributed by atoms with van der Waals surface area (Å²) in [5, 5.41) is 14.8. The van der Waals surface area contributed by atoms with E-state index < -0.39 is 5.60 Å². The van der Waals surface area contributed by atoms with Gasteiger partial charge in [0.15, 0.2) is 0 Å². The van der Waals surface area contributed by atoms with Crippen LogP contribution in [0.4, 0.5) is 0 Å². The minimum absolute atomic E-state index is 0.0808. The lowest BCUT2D eigenvalue weighted by molar-refractivity contribution is -0.153. The van der Waals surface area contributed by atoms with E-state index in [1.807, 2.05) is 0 Å². The molecule has 0 radical (unpaired) electrons. The fraction of sp³-hybridized carbons (Fsp3) is 1.00. The molecule has 108 valence electrons. The lowest BCUT2D eigenvalue weighted by Gasteiger charge is -2.48. The topological polar surface area (TPSA) is 50.7 Å². The normalized spacial score (nSPS) is 53.8. The molecule has 4 aliphatic rings. The van der Waals surface area contributed by atoms with Crippen LogP contribution in [0.5, 0.6) is 0 Å². The van der Waals surface area contributed by atoms with Gasteiger partial charge in [-0.2, -0.15) is 0 Å². The second-order valence-corrected chi connectivity index (χ2v) is 7.17. The van der Waals surface area contributed by atoms with Crippen LogP contribution < -0.4 is 5.32 Å². The van der Waals surface area contributed by atoms with Crippen molar-refractivity contribution < 1.29 is 14.6 Å². The Bertz CT molecular complexity index is 341. The number of piperidine rings is 1. The van der Waals surface area contributed by atoms with E-state index in [4.69, 9.17) is 9.47 Å². The molecule has 4 rings (SSSR count). The van der Waals surface area contributed by atoms with Gasteiger partial charge in [0.2, 0.25) is 0 Å². The first kappa shape index (κ1) is 12.6. The van der Waals surface area contributed by atoms with Crippen molar-refractivity contribution in [3.63, 3.8) is 0 Å². The predicted molar refractivity (Wildman–Crippen MR) is 71.0 cm³/mol. The van der Waals surface area contributed by atoms with Crippen molar-refractivity contribution >= 4 is 0 Å². The Morgan fingerprint density at radius 1 is 1.00 bits per heavy atom. The van der Waals surface area contributed by atoms with Gasteiger partial charge >= 0.3 is 0 Å². The van der Waals surface area contributed by atoms with E-state index in [9.17, 15) is 5.11 Å². The van der Waals surface area contributed by atoms with E-state index in [1.54, 1.807) is 0 Å². The van der Waals surface area contributed by atoms with Crippen molar-refractivity contribution in [2.24, 2.45) is 5.92 Å². The number of rotatable bonds is 1. The molecular formula is C15H25NO3. The van der Waals surface area contributed by atoms with E-state index in [0.717, 1.165) is 51.9 Å². The minimum Gasteiger partial charge on any atom is -0.389 e. The second-order valence-electron chi connectivity index (χ2n) is 7.17. The van der Waals surface area contributed by atoms with Crippen molar-refractivity contribution in [3.05, 3.63) is 0 Å². The van der Waals surface area contributed by atoms with Gasteiger partial charge in [0.25, 0.3) is 0 Å². The quantitative estimate of drug-likeness (QED) is 0.750. The van der Waals surface area contributed by atoms with Crippen LogP contribution in [-0.4, -0.2) is 48.2 Å². The van der Waals surface area contributed by atoms with Gasteiger partial charge in [-0.3, -0.25) is 0 Å². The molecule has 0 aromatic carbocycles. The Morgan fingerprint density at radius 2 is 1.79 bits per heavy atom. The molecule has 0 saturated carbocycles. The molecule has 0 amide bonds. The highest BCUT2D eigenvalue weighted by molar-refractivity contribution is 5.05. The molecule has 4 nitrogen and oxygen atoms in total. The predicted octanol–water partition coefficient (Wildman–Crippen LogP) is 1.22. The molecule has 0 aromatic rings. The Kier molecular flexibility index (Phi) is 2.92. The summed E-state index contributed by atoms with van der Waals surface area (Å²) in [5.41, 5.74) is -0.543. The van der Waals surface area contributed by atoms with E-state index in [2.05, 4.69) is 5.32 Å². The highest BCUT2D eigenvalue weighted by atomic mass is 16.6. The van der Waals surface area contributed by atoms with Gasteiger partial charge in [0, 0.05) is 31.7 Å². The highest BCUT2D eigenvalue weighted by Crippen LogP contribution is 2.46. The first-order chi connectivity index (χ1) is 9.18. The number of fused-ring (bicyclic) bond motifs is 2. The third kappa shape index (κ3) is 2.13. The van der Waals surface area contributed by atoms with Crippen LogP contribution >= 0.6 is 0 Å². The molecule has 4 fully saturated rings. The van der Waals surface area contributed by atoms with Crippen LogP contribution in [0.15, 0.2) is 0 Å². The summed E-state index contributed by atoms with van der Waals surface area (Å²) in [6, 6.07) is 1.09. The van der Waals surface area contributed by atoms with Gasteiger partial charge in [-0.25, -0.2) is 0 Å². The molecule has 4 unspecified atom stereocenters. The first-order valence-corrected chi connectivity index (χ1v) is 7.88. The molecule has 4 heterocycles. The lowest BCUT2D eigenvalue weighted by atomic mass is 9.70. The summed E-state index contributed by atoms with van der Waals surface area (Å²) in [5.74, 6) is 0.396. The van der Waals surface area contributed by atoms with Crippen molar-refractivity contribution in [3.8, 4) is 0 Å². The second kappa shape index (κ2) is 4.42. The van der Waals surface area contributed by atoms with Gasteiger partial charge in [0.1, 0.15) is 0 Å². The molecule has 2 N–H and O–H groups in total. The molecule has 2 bridgehead atoms. The van der Waals surface area contributed by atoms with E-state index >= 15 is 0 Å². The number of ether oxygens (including phenoxy) is 2. The zero-order chi connectivity index (χ0) is 12.9. The molecule has 4 saturated heterocycles. The Labute approximate surface area is 114 Å². The van der Waals surface area contributed by atoms with Crippen molar-refractivity contribution in [1.29, 1.82) is 0 Å². The van der Waals surface area contributed by atoms with Crippen molar-refractivity contribution in [2.75, 3.05) is 19.8 Å². The monoisotopic (exact) mass is 267 g/mol. The van der Waals surface area contributed by atoms with E-state index in [-0.39, 0.29) is 5.60 Å². The molecule has 1 spiro atoms. The average Bonchev–Trinajstić information content (AvgIpc) is 2.97. The molecule has 19 heavy (non-hydrogen) atoms. The minimum atomic E-state index is -0.462. The maximum Gasteiger partial charge on any atom is 0.0940 e. The van der Waals surface area contributed by atoms with E-state index in [1.165, 1.54) is 12.8 Å². The summed E-state index contributed by atoms with van der Waals surface area (Å²) in [6.45, 7) is 2.34. The number of aliphatic hydroxyl groups is 1. The first-order valence-electron chi connectivity index (χ1n) is 7.88. The summed E-state index contributed by atoms with van der Waals surface area (Å²) in [4.78, 5) is 0. The average molecular weight is 267 g/mol. The highest BCUT2D eigenvalue weighted by Gasteiger charge is 2.51. The molecule has 0 aliphatic carbocycles. The van der Waals surface area contributed by atoms with Crippen LogP contribution in [0.25, 0.3) is 0 Å². The fourth-order valence-electron chi connectivity index (χ4n) is 4.84. The SMILES string of the molecule is OC1(C2CCOC3(CCOC3)C2)CC2CCC(C1)N2. The number of nitrogens with one attached hydrogen (secondary N) is 1. The Hall–Kier alpha value is -0.160. The maximum absolute atomic E-state index is 11.2. The molecule has 0 aromatic heterocycles. The number of hydrogen-bond donors (Lipinski definition) is 2. The lowest BCUT2D eigenvalue weighted by Crippen LogP contribution is -2.56. The van der Waals surface area contributed by atoms with Gasteiger partial charge in [0.05, 0.1) is 17.8 Å². The van der Waals surface area contributed by atoms with Crippen LogP contribution in [0.3, 0.4) is 0 Å². The van der Waals surface area contributed by atoms with Crippen molar-refractivity contribution in [1.82, 2.24) is 5.32 Å². The zero-order valence-corrected chi connectivity index (χ0v) is 11.6. The van der Waals surface area contributed by atoms with Crippen LogP contribution in [0.1, 0.15) is 44.9 Å². The molecular weight excluding hydrogens is 242 g/mol. The maximum atomic E-state index is 11.2. The van der Waals surface area contributed by atoms with Crippen LogP contribution in [0.2, 0.25) is 0 Å². The molecule has 4 atom stereocenters. The largest absolute Gasteiger partial charge is 0.389 e. The molecule has 4 aliphatic heterocycles. The zero-order valence-electron chi connectivity index (χ0n) is 11.6. The van der Waals surface area contributed by atoms with Crippen LogP contribution in [0, 0.1) is 5.92 Å². The van der Waals surface area contributed by atoms with Crippen molar-refractivity contribution in [2.45, 2.75) is 68.2 Å². The number of hydrogen-bond acceptors (Lipinski definition) is 4.